The SMILES string of the molecule is C.C.C.C.CC(=O)O.CC(=O)ON1C(=O)CC(S(=O)(=O)[O-])C1=O.O=C1CC(S(=O)(=O)[O-])C(=O)N1O.[2H]C#C.[Na+].[Na+]. The second-order valence-corrected chi connectivity index (χ2v) is 8.65. The molecule has 0 saturated carbocycles. The Kier molecular flexibility index (Phi) is 33.6. The van der Waals surface area contributed by atoms with Crippen molar-refractivity contribution < 1.29 is 130 Å². The maximum absolute atomic E-state index is 11.1. The fourth-order valence-electron chi connectivity index (χ4n) is 1.85. The molecule has 0 aromatic rings. The van der Waals surface area contributed by atoms with Crippen LogP contribution >= 0.6 is 0 Å². The summed E-state index contributed by atoms with van der Waals surface area (Å²) < 4.78 is 68.1. The molecule has 2 aliphatic heterocycles. The van der Waals surface area contributed by atoms with E-state index in [4.69, 9.17) is 16.5 Å². The number of terminal acetylenes is 1. The molecule has 4 amide bonds. The molecule has 39 heavy (non-hydrogen) atoms. The van der Waals surface area contributed by atoms with E-state index in [1.165, 1.54) is 6.40 Å². The molecule has 0 spiro atoms. The second kappa shape index (κ2) is 24.4. The van der Waals surface area contributed by atoms with E-state index in [2.05, 4.69) is 11.3 Å². The molecule has 2 N–H and O–H groups in total. The van der Waals surface area contributed by atoms with Gasteiger partial charge in [-0.25, -0.2) is 21.6 Å². The van der Waals surface area contributed by atoms with Gasteiger partial charge in [0.2, 0.25) is 0 Å². The minimum Gasteiger partial charge on any atom is -0.747 e. The number of carbonyl (C=O) groups excluding carboxylic acids is 5. The van der Waals surface area contributed by atoms with Crippen molar-refractivity contribution in [1.82, 2.24) is 10.1 Å². The third kappa shape index (κ3) is 20.1. The normalized spacial score (nSPS) is 17.1. The molecule has 0 radical (unpaired) electrons. The van der Waals surface area contributed by atoms with E-state index in [9.17, 15) is 49.9 Å². The molecular weight excluding hydrogens is 594 g/mol. The summed E-state index contributed by atoms with van der Waals surface area (Å²) in [6.45, 7) is 2.01. The van der Waals surface area contributed by atoms with Crippen LogP contribution in [0.5, 0.6) is 0 Å². The van der Waals surface area contributed by atoms with Gasteiger partial charge in [-0.2, -0.15) is 5.06 Å². The predicted molar refractivity (Wildman–Crippen MR) is 124 cm³/mol. The molecule has 0 aromatic heterocycles. The molecule has 0 aromatic carbocycles. The molecule has 2 rings (SSSR count). The van der Waals surface area contributed by atoms with Gasteiger partial charge >= 0.3 is 65.1 Å². The van der Waals surface area contributed by atoms with Gasteiger partial charge in [-0.3, -0.25) is 29.2 Å². The Morgan fingerprint density at radius 3 is 1.36 bits per heavy atom. The van der Waals surface area contributed by atoms with Gasteiger partial charge in [0.05, 0.1) is 12.8 Å². The van der Waals surface area contributed by atoms with Gasteiger partial charge in [0.15, 0.2) is 0 Å². The van der Waals surface area contributed by atoms with Crippen LogP contribution in [-0.4, -0.2) is 92.4 Å². The van der Waals surface area contributed by atoms with Crippen LogP contribution in [0.3, 0.4) is 0 Å². The molecule has 21 heteroatoms. The molecule has 218 valence electrons. The Morgan fingerprint density at radius 2 is 1.18 bits per heavy atom. The zero-order valence-electron chi connectivity index (χ0n) is 19.6. The minimum atomic E-state index is -4.91. The monoisotopic (exact) mass is 627 g/mol. The number of amides is 4. The first-order chi connectivity index (χ1) is 15.2. The number of nitrogens with zero attached hydrogens (tertiary/aromatic N) is 2. The maximum atomic E-state index is 11.1. The fourth-order valence-corrected chi connectivity index (χ4v) is 3.23. The number of carboxylic acid groups (broad SMARTS) is 1. The van der Waals surface area contributed by atoms with Crippen molar-refractivity contribution in [3.05, 3.63) is 0 Å². The Bertz CT molecular complexity index is 1100. The predicted octanol–water partition coefficient (Wildman–Crippen LogP) is -6.92. The molecular formula is C18H32N2Na2O15S2. The summed E-state index contributed by atoms with van der Waals surface area (Å²) in [6.07, 6.45) is 4.19. The van der Waals surface area contributed by atoms with Crippen molar-refractivity contribution in [2.45, 2.75) is 66.9 Å². The van der Waals surface area contributed by atoms with E-state index < -0.39 is 79.1 Å². The van der Waals surface area contributed by atoms with E-state index in [-0.39, 0.29) is 98.9 Å². The largest absolute Gasteiger partial charge is 1.00 e. The summed E-state index contributed by atoms with van der Waals surface area (Å²) in [4.78, 5) is 66.9. The number of hydrogen-bond donors (Lipinski definition) is 2. The first-order valence-corrected chi connectivity index (χ1v) is 10.7. The van der Waals surface area contributed by atoms with Crippen LogP contribution in [0.15, 0.2) is 0 Å². The van der Waals surface area contributed by atoms with E-state index in [1.807, 2.05) is 0 Å². The van der Waals surface area contributed by atoms with E-state index in [0.29, 0.717) is 0 Å². The number of rotatable bonds is 3. The minimum absolute atomic E-state index is 0. The number of hydroxylamine groups is 4. The number of carbonyl (C=O) groups is 6. The average Bonchev–Trinajstić information content (AvgIpc) is 3.06. The number of imide groups is 2. The molecule has 2 fully saturated rings. The van der Waals surface area contributed by atoms with Crippen LogP contribution in [0.2, 0.25) is 0 Å². The van der Waals surface area contributed by atoms with Crippen molar-refractivity contribution in [3.8, 4) is 12.8 Å². The maximum Gasteiger partial charge on any atom is 1.00 e. The van der Waals surface area contributed by atoms with Crippen LogP contribution in [0.4, 0.5) is 0 Å². The average molecular weight is 628 g/mol. The molecule has 2 heterocycles. The van der Waals surface area contributed by atoms with Gasteiger partial charge < -0.3 is 19.0 Å². The van der Waals surface area contributed by atoms with E-state index >= 15 is 0 Å². The standard InChI is InChI=1S/C6H7NO7S.C4H5NO6S.C2H4O2.C2H2.4CH4.2Na/c1-3(8)14-7-5(9)2-4(6(7)10)15(11,12)13;6-3-1-2(12(9,10)11)4(7)5(3)8;1-2(3)4;1-2;;;;;;/h4H,2H2,1H3,(H,11,12,13);2,8H,1H2,(H,9,10,11);1H3,(H,3,4);1-2H;4*1H4;;/q;;;;;;;;2*+1/p-2/i;;;1D;;;;;;. The molecule has 2 aliphatic rings. The van der Waals surface area contributed by atoms with Crippen molar-refractivity contribution in [2.24, 2.45) is 0 Å². The Hall–Kier alpha value is -1.44. The van der Waals surface area contributed by atoms with Crippen molar-refractivity contribution >= 4 is 55.8 Å². The van der Waals surface area contributed by atoms with E-state index in [0.717, 1.165) is 13.8 Å². The third-order valence-corrected chi connectivity index (χ3v) is 5.19. The summed E-state index contributed by atoms with van der Waals surface area (Å²) >= 11 is 0. The smallest absolute Gasteiger partial charge is 0.747 e. The number of carboxylic acids is 1. The molecule has 17 nitrogen and oxygen atoms in total. The van der Waals surface area contributed by atoms with Crippen molar-refractivity contribution in [2.75, 3.05) is 0 Å². The van der Waals surface area contributed by atoms with Gasteiger partial charge in [-0.15, -0.1) is 17.9 Å². The zero-order chi connectivity index (χ0) is 27.6. The number of aliphatic carboxylic acids is 1. The van der Waals surface area contributed by atoms with E-state index in [1.54, 1.807) is 0 Å². The summed E-state index contributed by atoms with van der Waals surface area (Å²) in [6, 6.07) is 0. The fraction of sp³-hybridized carbons (Fsp3) is 0.556. The van der Waals surface area contributed by atoms with Gasteiger partial charge in [-0.1, -0.05) is 29.7 Å². The second-order valence-electron chi connectivity index (χ2n) is 5.54. The Balaban J connectivity index is -0.0000000622. The quantitative estimate of drug-likeness (QED) is 0.0967. The van der Waals surface area contributed by atoms with Crippen LogP contribution in [0, 0.1) is 12.8 Å². The van der Waals surface area contributed by atoms with Gasteiger partial charge in [0.1, 0.15) is 32.1 Å². The van der Waals surface area contributed by atoms with Gasteiger partial charge in [-0.05, 0) is 0 Å². The molecule has 2 unspecified atom stereocenters. The van der Waals surface area contributed by atoms with Crippen LogP contribution in [-0.2, 0) is 53.8 Å². The van der Waals surface area contributed by atoms with Crippen molar-refractivity contribution in [1.29, 1.82) is 0 Å². The zero-order valence-corrected chi connectivity index (χ0v) is 24.2. The van der Waals surface area contributed by atoms with Crippen LogP contribution in [0.1, 0.15) is 57.8 Å². The summed E-state index contributed by atoms with van der Waals surface area (Å²) in [5, 5.41) is 11.6. The van der Waals surface area contributed by atoms with Crippen molar-refractivity contribution in [3.63, 3.8) is 0 Å². The molecule has 2 saturated heterocycles. The molecule has 2 atom stereocenters. The summed E-state index contributed by atoms with van der Waals surface area (Å²) in [7, 11) is -9.75. The van der Waals surface area contributed by atoms with Gasteiger partial charge in [0, 0.05) is 13.8 Å². The topological polar surface area (TPSA) is 273 Å². The summed E-state index contributed by atoms with van der Waals surface area (Å²) in [5.74, 6) is -6.61. The van der Waals surface area contributed by atoms with Gasteiger partial charge in [0.25, 0.3) is 29.6 Å². The molecule has 0 aliphatic carbocycles. The first-order valence-electron chi connectivity index (χ1n) is 8.29. The molecule has 0 bridgehead atoms. The number of hydrogen-bond acceptors (Lipinski definition) is 14. The Labute approximate surface area is 274 Å². The van der Waals surface area contributed by atoms with Crippen LogP contribution < -0.4 is 59.1 Å². The third-order valence-electron chi connectivity index (χ3n) is 3.06. The summed E-state index contributed by atoms with van der Waals surface area (Å²) in [5.41, 5.74) is 0. The Morgan fingerprint density at radius 1 is 0.897 bits per heavy atom. The van der Waals surface area contributed by atoms with Crippen LogP contribution in [0.25, 0.3) is 0 Å². The first kappa shape index (κ1) is 53.8.